The highest BCUT2D eigenvalue weighted by molar-refractivity contribution is 5.90. The molecule has 7 nitrogen and oxygen atoms in total. The van der Waals surface area contributed by atoms with Crippen molar-refractivity contribution in [3.8, 4) is 0 Å². The van der Waals surface area contributed by atoms with Gasteiger partial charge in [0.25, 0.3) is 5.91 Å². The maximum absolute atomic E-state index is 12.3. The first-order valence-corrected chi connectivity index (χ1v) is 6.38. The summed E-state index contributed by atoms with van der Waals surface area (Å²) in [4.78, 5) is 29.6. The van der Waals surface area contributed by atoms with Crippen molar-refractivity contribution in [1.29, 1.82) is 0 Å². The van der Waals surface area contributed by atoms with Gasteiger partial charge in [0.1, 0.15) is 0 Å². The summed E-state index contributed by atoms with van der Waals surface area (Å²) in [5.41, 5.74) is 1.73. The minimum absolute atomic E-state index is 0.0528. The first kappa shape index (κ1) is 12.5. The fourth-order valence-corrected chi connectivity index (χ4v) is 2.39. The lowest BCUT2D eigenvalue weighted by Crippen LogP contribution is -2.35. The molecule has 0 saturated heterocycles. The van der Waals surface area contributed by atoms with Crippen molar-refractivity contribution in [2.45, 2.75) is 6.54 Å². The van der Waals surface area contributed by atoms with Gasteiger partial charge < -0.3 is 9.80 Å². The minimum Gasteiger partial charge on any atom is -0.373 e. The van der Waals surface area contributed by atoms with Gasteiger partial charge in [0.05, 0.1) is 0 Å². The Bertz CT molecular complexity index is 690. The van der Waals surface area contributed by atoms with Gasteiger partial charge in [-0.1, -0.05) is 18.2 Å². The van der Waals surface area contributed by atoms with Crippen LogP contribution in [0.1, 0.15) is 16.2 Å². The lowest BCUT2D eigenvalue weighted by Gasteiger charge is -2.19. The fourth-order valence-electron chi connectivity index (χ4n) is 2.39. The van der Waals surface area contributed by atoms with Gasteiger partial charge in [-0.05, 0) is 11.6 Å². The molecule has 1 aromatic carbocycles. The van der Waals surface area contributed by atoms with Crippen molar-refractivity contribution in [3.05, 3.63) is 46.1 Å². The molecule has 0 radical (unpaired) electrons. The molecule has 0 fully saturated rings. The predicted octanol–water partition coefficient (Wildman–Crippen LogP) is 0.190. The first-order chi connectivity index (χ1) is 9.65. The number of fused-ring (bicyclic) bond motifs is 1. The predicted molar refractivity (Wildman–Crippen MR) is 73.7 cm³/mol. The van der Waals surface area contributed by atoms with Crippen molar-refractivity contribution in [2.24, 2.45) is 0 Å². The van der Waals surface area contributed by atoms with E-state index in [2.05, 4.69) is 20.1 Å². The van der Waals surface area contributed by atoms with Crippen LogP contribution in [0.4, 0.5) is 5.69 Å². The number of carbonyl (C=O) groups excluding carboxylic acids is 1. The molecule has 1 aliphatic heterocycles. The summed E-state index contributed by atoms with van der Waals surface area (Å²) in [5.74, 6) is -0.217. The van der Waals surface area contributed by atoms with E-state index in [4.69, 9.17) is 0 Å². The summed E-state index contributed by atoms with van der Waals surface area (Å²) in [5, 5.41) is 5.91. The smallest absolute Gasteiger partial charge is 0.341 e. The van der Waals surface area contributed by atoms with E-state index < -0.39 is 5.69 Å². The van der Waals surface area contributed by atoms with Crippen LogP contribution in [0.2, 0.25) is 0 Å². The van der Waals surface area contributed by atoms with Crippen molar-refractivity contribution < 1.29 is 4.79 Å². The summed E-state index contributed by atoms with van der Waals surface area (Å²) in [6, 6.07) is 7.99. The third-order valence-corrected chi connectivity index (χ3v) is 3.46. The molecular formula is C13H15N5O2. The number of nitrogens with one attached hydrogen (secondary N) is 2. The molecule has 20 heavy (non-hydrogen) atoms. The summed E-state index contributed by atoms with van der Waals surface area (Å²) in [6.07, 6.45) is 0. The minimum atomic E-state index is -0.472. The molecule has 0 unspecified atom stereocenters. The van der Waals surface area contributed by atoms with Crippen LogP contribution >= 0.6 is 0 Å². The second kappa shape index (κ2) is 4.84. The largest absolute Gasteiger partial charge is 0.373 e. The Labute approximate surface area is 115 Å². The summed E-state index contributed by atoms with van der Waals surface area (Å²) >= 11 is 0. The molecule has 104 valence electrons. The lowest BCUT2D eigenvalue weighted by atomic mass is 10.1. The van der Waals surface area contributed by atoms with Crippen LogP contribution in [-0.2, 0) is 6.54 Å². The summed E-state index contributed by atoms with van der Waals surface area (Å²) < 4.78 is 0. The van der Waals surface area contributed by atoms with Gasteiger partial charge in [0.15, 0.2) is 0 Å². The number of hydrogen-bond acceptors (Lipinski definition) is 4. The number of amides is 1. The molecule has 0 spiro atoms. The number of rotatable bonds is 1. The molecule has 1 aliphatic rings. The van der Waals surface area contributed by atoms with Gasteiger partial charge in [-0.3, -0.25) is 9.78 Å². The van der Waals surface area contributed by atoms with E-state index in [0.29, 0.717) is 13.1 Å². The molecule has 0 atom stereocenters. The topological polar surface area (TPSA) is 85.1 Å². The van der Waals surface area contributed by atoms with Gasteiger partial charge >= 0.3 is 5.69 Å². The molecule has 0 saturated carbocycles. The van der Waals surface area contributed by atoms with Gasteiger partial charge in [-0.2, -0.15) is 0 Å². The standard InChI is InChI=1S/C13H15N5O2/c1-17-6-7-18(8-9-4-2-3-5-10(9)17)12(19)11-14-13(20)16-15-11/h2-5H,6-8H2,1H3,(H2,14,15,16,20). The average Bonchev–Trinajstić information content (AvgIpc) is 2.81. The van der Waals surface area contributed by atoms with Crippen LogP contribution < -0.4 is 10.6 Å². The molecule has 2 heterocycles. The second-order valence-corrected chi connectivity index (χ2v) is 4.80. The number of aromatic amines is 2. The lowest BCUT2D eigenvalue weighted by molar-refractivity contribution is 0.0740. The normalized spacial score (nSPS) is 14.8. The van der Waals surface area contributed by atoms with Crippen LogP contribution in [-0.4, -0.2) is 46.1 Å². The Morgan fingerprint density at radius 1 is 1.30 bits per heavy atom. The number of carbonyl (C=O) groups is 1. The van der Waals surface area contributed by atoms with E-state index in [1.165, 1.54) is 0 Å². The van der Waals surface area contributed by atoms with Crippen LogP contribution in [0, 0.1) is 0 Å². The number of para-hydroxylation sites is 1. The highest BCUT2D eigenvalue weighted by Gasteiger charge is 2.23. The maximum Gasteiger partial charge on any atom is 0.341 e. The summed E-state index contributed by atoms with van der Waals surface area (Å²) in [7, 11) is 2.00. The van der Waals surface area contributed by atoms with Gasteiger partial charge in [0.2, 0.25) is 5.82 Å². The molecule has 0 aliphatic carbocycles. The highest BCUT2D eigenvalue weighted by Crippen LogP contribution is 2.23. The number of nitrogens with zero attached hydrogens (tertiary/aromatic N) is 3. The molecule has 7 heteroatoms. The zero-order chi connectivity index (χ0) is 14.1. The Hall–Kier alpha value is -2.57. The first-order valence-electron chi connectivity index (χ1n) is 6.38. The van der Waals surface area contributed by atoms with Crippen molar-refractivity contribution >= 4 is 11.6 Å². The van der Waals surface area contributed by atoms with Crippen LogP contribution in [0.15, 0.2) is 29.1 Å². The number of anilines is 1. The van der Waals surface area contributed by atoms with E-state index >= 15 is 0 Å². The van der Waals surface area contributed by atoms with E-state index in [1.54, 1.807) is 4.90 Å². The van der Waals surface area contributed by atoms with E-state index in [-0.39, 0.29) is 11.7 Å². The molecule has 3 rings (SSSR count). The third kappa shape index (κ3) is 2.18. The second-order valence-electron chi connectivity index (χ2n) is 4.80. The van der Waals surface area contributed by atoms with E-state index in [1.807, 2.05) is 31.3 Å². The maximum atomic E-state index is 12.3. The molecule has 2 N–H and O–H groups in total. The van der Waals surface area contributed by atoms with Crippen molar-refractivity contribution in [3.63, 3.8) is 0 Å². The molecule has 1 amide bonds. The number of H-pyrrole nitrogens is 2. The van der Waals surface area contributed by atoms with Crippen molar-refractivity contribution in [1.82, 2.24) is 20.1 Å². The molecule has 0 bridgehead atoms. The van der Waals surface area contributed by atoms with Gasteiger partial charge in [0, 0.05) is 32.4 Å². The number of aromatic nitrogens is 3. The monoisotopic (exact) mass is 273 g/mol. The number of hydrogen-bond donors (Lipinski definition) is 2. The Balaban J connectivity index is 1.90. The highest BCUT2D eigenvalue weighted by atomic mass is 16.2. The summed E-state index contributed by atoms with van der Waals surface area (Å²) in [6.45, 7) is 1.82. The van der Waals surface area contributed by atoms with E-state index in [0.717, 1.165) is 17.8 Å². The average molecular weight is 273 g/mol. The van der Waals surface area contributed by atoms with Gasteiger partial charge in [-0.25, -0.2) is 9.89 Å². The van der Waals surface area contributed by atoms with E-state index in [9.17, 15) is 9.59 Å². The Kier molecular flexibility index (Phi) is 3.02. The quantitative estimate of drug-likeness (QED) is 0.776. The van der Waals surface area contributed by atoms with Crippen LogP contribution in [0.5, 0.6) is 0 Å². The van der Waals surface area contributed by atoms with Crippen LogP contribution in [0.25, 0.3) is 0 Å². The Morgan fingerprint density at radius 3 is 2.85 bits per heavy atom. The number of likely N-dealkylation sites (N-methyl/N-ethyl adjacent to an activating group) is 1. The molecule has 1 aromatic heterocycles. The Morgan fingerprint density at radius 2 is 2.10 bits per heavy atom. The fraction of sp³-hybridized carbons (Fsp3) is 0.308. The van der Waals surface area contributed by atoms with Crippen LogP contribution in [0.3, 0.4) is 0 Å². The zero-order valence-electron chi connectivity index (χ0n) is 11.1. The SMILES string of the molecule is CN1CCN(C(=O)c2n[nH]c(=O)[nH]2)Cc2ccccc21. The number of benzene rings is 1. The van der Waals surface area contributed by atoms with Gasteiger partial charge in [-0.15, -0.1) is 5.10 Å². The third-order valence-electron chi connectivity index (χ3n) is 3.46. The molecular weight excluding hydrogens is 258 g/mol. The zero-order valence-corrected chi connectivity index (χ0v) is 11.1. The molecule has 2 aromatic rings. The van der Waals surface area contributed by atoms with Crippen molar-refractivity contribution in [2.75, 3.05) is 25.0 Å².